The molecule has 1 heterocycles. The highest BCUT2D eigenvalue weighted by molar-refractivity contribution is 7.91. The van der Waals surface area contributed by atoms with Crippen molar-refractivity contribution in [3.05, 3.63) is 18.2 Å². The molecule has 2 N–H and O–H groups in total. The van der Waals surface area contributed by atoms with Crippen LogP contribution in [0, 0.1) is 0 Å². The van der Waals surface area contributed by atoms with Gasteiger partial charge in [0.1, 0.15) is 0 Å². The Labute approximate surface area is 114 Å². The zero-order chi connectivity index (χ0) is 14.3. The summed E-state index contributed by atoms with van der Waals surface area (Å²) in [5.74, 6) is 0. The van der Waals surface area contributed by atoms with E-state index < -0.39 is 20.0 Å². The topological polar surface area (TPSA) is 105 Å². The molecule has 0 radical (unpaired) electrons. The maximum absolute atomic E-state index is 11.4. The van der Waals surface area contributed by atoms with Gasteiger partial charge in [0.25, 0.3) is 0 Å². The lowest BCUT2D eigenvalue weighted by molar-refractivity contribution is 0.593. The summed E-state index contributed by atoms with van der Waals surface area (Å²) in [4.78, 5) is 4.24. The van der Waals surface area contributed by atoms with Gasteiger partial charge < -0.3 is 0 Å². The van der Waals surface area contributed by atoms with Crippen molar-refractivity contribution in [2.24, 2.45) is 0 Å². The fraction of sp³-hybridized carbons (Fsp3) is 0.222. The van der Waals surface area contributed by atoms with E-state index in [2.05, 4.69) is 14.4 Å². The number of sulfone groups is 1. The van der Waals surface area contributed by atoms with Gasteiger partial charge in [0, 0.05) is 13.3 Å². The van der Waals surface area contributed by atoms with Crippen molar-refractivity contribution in [3.63, 3.8) is 0 Å². The molecule has 104 valence electrons. The number of fused-ring (bicyclic) bond motifs is 1. The van der Waals surface area contributed by atoms with Gasteiger partial charge in [-0.3, -0.25) is 0 Å². The van der Waals surface area contributed by atoms with E-state index in [-0.39, 0.29) is 10.0 Å². The van der Waals surface area contributed by atoms with Crippen LogP contribution >= 0.6 is 11.3 Å². The van der Waals surface area contributed by atoms with E-state index in [1.165, 1.54) is 19.2 Å². The average molecular weight is 321 g/mol. The smallest absolute Gasteiger partial charge is 0.246 e. The molecule has 0 unspecified atom stereocenters. The van der Waals surface area contributed by atoms with Gasteiger partial charge in [0.2, 0.25) is 0 Å². The first kappa shape index (κ1) is 14.2. The van der Waals surface area contributed by atoms with Crippen molar-refractivity contribution in [1.82, 2.24) is 9.71 Å². The van der Waals surface area contributed by atoms with E-state index in [1.54, 1.807) is 6.07 Å². The summed E-state index contributed by atoms with van der Waals surface area (Å²) in [6.45, 7) is 0. The number of nitrogens with zero attached hydrogens (tertiary/aromatic N) is 1. The quantitative estimate of drug-likeness (QED) is 0.857. The van der Waals surface area contributed by atoms with Crippen LogP contribution in [0.5, 0.6) is 0 Å². The van der Waals surface area contributed by atoms with Crippen LogP contribution in [0.4, 0.5) is 5.13 Å². The maximum Gasteiger partial charge on any atom is 0.300 e. The lowest BCUT2D eigenvalue weighted by atomic mass is 10.3. The SMILES string of the molecule is CNS(=O)(=O)Nc1nc2ccc(S(C)(=O)=O)cc2s1. The largest absolute Gasteiger partial charge is 0.300 e. The molecule has 0 saturated carbocycles. The van der Waals surface area contributed by atoms with Gasteiger partial charge in [-0.15, -0.1) is 0 Å². The molecule has 0 atom stereocenters. The Morgan fingerprint density at radius 1 is 1.21 bits per heavy atom. The minimum atomic E-state index is -3.63. The van der Waals surface area contributed by atoms with Gasteiger partial charge in [-0.05, 0) is 18.2 Å². The zero-order valence-corrected chi connectivity index (χ0v) is 12.5. The van der Waals surface area contributed by atoms with Crippen molar-refractivity contribution in [1.29, 1.82) is 0 Å². The summed E-state index contributed by atoms with van der Waals surface area (Å²) in [5, 5.41) is 0.176. The summed E-state index contributed by atoms with van der Waals surface area (Å²) in [5.41, 5.74) is 0.534. The molecule has 2 rings (SSSR count). The van der Waals surface area contributed by atoms with Crippen LogP contribution in [0.2, 0.25) is 0 Å². The van der Waals surface area contributed by atoms with Crippen LogP contribution < -0.4 is 9.44 Å². The number of aromatic nitrogens is 1. The molecule has 0 fully saturated rings. The second-order valence-corrected chi connectivity index (χ2v) is 8.40. The minimum absolute atomic E-state index is 0.173. The molecule has 0 amide bonds. The summed E-state index contributed by atoms with van der Waals surface area (Å²) in [7, 11) is -5.65. The van der Waals surface area contributed by atoms with Gasteiger partial charge in [-0.25, -0.2) is 22.8 Å². The lowest BCUT2D eigenvalue weighted by Crippen LogP contribution is -2.26. The molecule has 10 heteroatoms. The summed E-state index contributed by atoms with van der Waals surface area (Å²) in [6, 6.07) is 4.45. The van der Waals surface area contributed by atoms with Gasteiger partial charge in [0.15, 0.2) is 15.0 Å². The van der Waals surface area contributed by atoms with E-state index in [1.807, 2.05) is 0 Å². The molecular formula is C9H11N3O4S3. The number of nitrogens with one attached hydrogen (secondary N) is 2. The maximum atomic E-state index is 11.4. The second-order valence-electron chi connectivity index (χ2n) is 3.73. The fourth-order valence-corrected chi connectivity index (χ4v) is 3.70. The van der Waals surface area contributed by atoms with Crippen molar-refractivity contribution in [3.8, 4) is 0 Å². The molecule has 0 bridgehead atoms. The predicted molar refractivity (Wildman–Crippen MR) is 74.3 cm³/mol. The second kappa shape index (κ2) is 4.71. The minimum Gasteiger partial charge on any atom is -0.246 e. The van der Waals surface area contributed by atoms with Crippen LogP contribution in [0.3, 0.4) is 0 Å². The number of anilines is 1. The average Bonchev–Trinajstić information content (AvgIpc) is 2.67. The third kappa shape index (κ3) is 3.21. The first-order valence-corrected chi connectivity index (χ1v) is 9.22. The van der Waals surface area contributed by atoms with Gasteiger partial charge in [-0.1, -0.05) is 11.3 Å². The van der Waals surface area contributed by atoms with E-state index in [0.29, 0.717) is 10.2 Å². The number of hydrogen-bond acceptors (Lipinski definition) is 6. The third-order valence-corrected chi connectivity index (χ3v) is 5.45. The van der Waals surface area contributed by atoms with Crippen molar-refractivity contribution in [2.75, 3.05) is 18.0 Å². The summed E-state index contributed by atoms with van der Waals surface area (Å²) >= 11 is 1.06. The molecule has 19 heavy (non-hydrogen) atoms. The van der Waals surface area contributed by atoms with E-state index in [9.17, 15) is 16.8 Å². The standard InChI is InChI=1S/C9H11N3O4S3/c1-10-19(15,16)12-9-11-7-4-3-6(18(2,13)14)5-8(7)17-9/h3-5,10H,1-2H3,(H,11,12). The fourth-order valence-electron chi connectivity index (χ4n) is 1.35. The Morgan fingerprint density at radius 3 is 2.47 bits per heavy atom. The normalized spacial score (nSPS) is 12.7. The molecule has 0 spiro atoms. The first-order chi connectivity index (χ1) is 8.71. The summed E-state index contributed by atoms with van der Waals surface area (Å²) in [6.07, 6.45) is 1.11. The van der Waals surface area contributed by atoms with Crippen LogP contribution in [-0.4, -0.2) is 35.1 Å². The van der Waals surface area contributed by atoms with Crippen molar-refractivity contribution >= 4 is 46.7 Å². The molecule has 0 aliphatic heterocycles. The molecular weight excluding hydrogens is 310 g/mol. The number of hydrogen-bond donors (Lipinski definition) is 2. The molecule has 1 aromatic heterocycles. The van der Waals surface area contributed by atoms with Gasteiger partial charge in [0.05, 0.1) is 15.1 Å². The van der Waals surface area contributed by atoms with Crippen molar-refractivity contribution < 1.29 is 16.8 Å². The van der Waals surface area contributed by atoms with E-state index >= 15 is 0 Å². The number of thiazole rings is 1. The Hall–Kier alpha value is -1.23. The highest BCUT2D eigenvalue weighted by atomic mass is 32.2. The predicted octanol–water partition coefficient (Wildman–Crippen LogP) is 0.576. The Bertz CT molecular complexity index is 824. The Kier molecular flexibility index (Phi) is 3.51. The Morgan fingerprint density at radius 2 is 1.89 bits per heavy atom. The van der Waals surface area contributed by atoms with Crippen molar-refractivity contribution in [2.45, 2.75) is 4.90 Å². The molecule has 1 aromatic carbocycles. The van der Waals surface area contributed by atoms with Gasteiger partial charge >= 0.3 is 10.2 Å². The van der Waals surface area contributed by atoms with Crippen LogP contribution in [0.1, 0.15) is 0 Å². The van der Waals surface area contributed by atoms with Crippen LogP contribution in [0.25, 0.3) is 10.2 Å². The number of benzene rings is 1. The number of rotatable bonds is 4. The van der Waals surface area contributed by atoms with Gasteiger partial charge in [-0.2, -0.15) is 8.42 Å². The summed E-state index contributed by atoms with van der Waals surface area (Å²) < 4.78 is 50.4. The monoisotopic (exact) mass is 321 g/mol. The lowest BCUT2D eigenvalue weighted by Gasteiger charge is -2.00. The van der Waals surface area contributed by atoms with E-state index in [4.69, 9.17) is 0 Å². The zero-order valence-electron chi connectivity index (χ0n) is 10.0. The molecule has 0 aliphatic rings. The van der Waals surface area contributed by atoms with Crippen LogP contribution in [0.15, 0.2) is 23.1 Å². The molecule has 0 saturated heterocycles. The Balaban J connectivity index is 2.47. The molecule has 2 aromatic rings. The highest BCUT2D eigenvalue weighted by Gasteiger charge is 2.13. The first-order valence-electron chi connectivity index (χ1n) is 5.03. The van der Waals surface area contributed by atoms with E-state index in [0.717, 1.165) is 17.6 Å². The molecule has 7 nitrogen and oxygen atoms in total. The third-order valence-electron chi connectivity index (χ3n) is 2.28. The highest BCUT2D eigenvalue weighted by Crippen LogP contribution is 2.28. The molecule has 0 aliphatic carbocycles. The van der Waals surface area contributed by atoms with Crippen LogP contribution in [-0.2, 0) is 20.0 Å².